The van der Waals surface area contributed by atoms with Crippen LogP contribution in [0.4, 0.5) is 11.4 Å². The Morgan fingerprint density at radius 1 is 0.950 bits per heavy atom. The molecule has 0 saturated heterocycles. The summed E-state index contributed by atoms with van der Waals surface area (Å²) >= 11 is 0. The second-order valence-corrected chi connectivity index (χ2v) is 4.34. The van der Waals surface area contributed by atoms with Crippen LogP contribution in [0.15, 0.2) is 48.5 Å². The standard InChI is InChI=1S/C15H14N2O3/c1-17(13-8-4-11(5-9-13)15(19)20)14(18)10-2-6-12(16)7-3-10/h2-9H,16H2,1H3,(H,19,20). The van der Waals surface area contributed by atoms with Crippen molar-refractivity contribution >= 4 is 23.3 Å². The molecule has 0 aliphatic heterocycles. The molecule has 0 radical (unpaired) electrons. The molecule has 0 atom stereocenters. The molecule has 0 bridgehead atoms. The third-order valence-electron chi connectivity index (χ3n) is 2.96. The van der Waals surface area contributed by atoms with Crippen molar-refractivity contribution in [3.05, 3.63) is 59.7 Å². The van der Waals surface area contributed by atoms with Crippen LogP contribution in [0.5, 0.6) is 0 Å². The van der Waals surface area contributed by atoms with E-state index in [9.17, 15) is 9.59 Å². The number of nitrogens with two attached hydrogens (primary N) is 1. The van der Waals surface area contributed by atoms with E-state index in [2.05, 4.69) is 0 Å². The Hall–Kier alpha value is -2.82. The zero-order valence-electron chi connectivity index (χ0n) is 10.9. The monoisotopic (exact) mass is 270 g/mol. The second kappa shape index (κ2) is 5.44. The van der Waals surface area contributed by atoms with Gasteiger partial charge >= 0.3 is 5.97 Å². The van der Waals surface area contributed by atoms with Crippen LogP contribution < -0.4 is 10.6 Å². The summed E-state index contributed by atoms with van der Waals surface area (Å²) in [5, 5.41) is 8.84. The number of anilines is 2. The number of nitrogens with zero attached hydrogens (tertiary/aromatic N) is 1. The van der Waals surface area contributed by atoms with Gasteiger partial charge in [-0.15, -0.1) is 0 Å². The van der Waals surface area contributed by atoms with Crippen molar-refractivity contribution in [1.29, 1.82) is 0 Å². The number of hydrogen-bond donors (Lipinski definition) is 2. The first-order chi connectivity index (χ1) is 9.49. The van der Waals surface area contributed by atoms with Crippen LogP contribution in [0.1, 0.15) is 20.7 Å². The van der Waals surface area contributed by atoms with Crippen molar-refractivity contribution in [2.24, 2.45) is 0 Å². The maximum atomic E-state index is 12.2. The Labute approximate surface area is 116 Å². The highest BCUT2D eigenvalue weighted by molar-refractivity contribution is 6.06. The molecule has 2 rings (SSSR count). The van der Waals surface area contributed by atoms with Crippen molar-refractivity contribution in [1.82, 2.24) is 0 Å². The lowest BCUT2D eigenvalue weighted by Gasteiger charge is -2.17. The fraction of sp³-hybridized carbons (Fsp3) is 0.0667. The van der Waals surface area contributed by atoms with Crippen molar-refractivity contribution < 1.29 is 14.7 Å². The summed E-state index contributed by atoms with van der Waals surface area (Å²) in [5.74, 6) is -1.18. The van der Waals surface area contributed by atoms with Crippen LogP contribution in [-0.4, -0.2) is 24.0 Å². The van der Waals surface area contributed by atoms with Crippen LogP contribution >= 0.6 is 0 Å². The molecule has 0 aliphatic carbocycles. The lowest BCUT2D eigenvalue weighted by molar-refractivity contribution is 0.0696. The van der Waals surface area contributed by atoms with Crippen molar-refractivity contribution in [2.45, 2.75) is 0 Å². The van der Waals surface area contributed by atoms with E-state index in [1.165, 1.54) is 17.0 Å². The van der Waals surface area contributed by atoms with Gasteiger partial charge in [-0.05, 0) is 48.5 Å². The number of carboxylic acids is 1. The summed E-state index contributed by atoms with van der Waals surface area (Å²) in [6.07, 6.45) is 0. The maximum Gasteiger partial charge on any atom is 0.335 e. The SMILES string of the molecule is CN(C(=O)c1ccc(N)cc1)c1ccc(C(=O)O)cc1. The number of rotatable bonds is 3. The molecule has 20 heavy (non-hydrogen) atoms. The minimum absolute atomic E-state index is 0.182. The summed E-state index contributed by atoms with van der Waals surface area (Å²) < 4.78 is 0. The van der Waals surface area contributed by atoms with E-state index in [-0.39, 0.29) is 11.5 Å². The summed E-state index contributed by atoms with van der Waals surface area (Å²) in [7, 11) is 1.63. The first-order valence-electron chi connectivity index (χ1n) is 5.96. The van der Waals surface area contributed by atoms with Gasteiger partial charge in [0.05, 0.1) is 5.56 Å². The van der Waals surface area contributed by atoms with Gasteiger partial charge in [-0.1, -0.05) is 0 Å². The van der Waals surface area contributed by atoms with Crippen molar-refractivity contribution in [3.63, 3.8) is 0 Å². The van der Waals surface area contributed by atoms with Gasteiger partial charge in [-0.25, -0.2) is 4.79 Å². The highest BCUT2D eigenvalue weighted by atomic mass is 16.4. The van der Waals surface area contributed by atoms with Gasteiger partial charge in [-0.3, -0.25) is 4.79 Å². The molecule has 5 nitrogen and oxygen atoms in total. The molecule has 1 amide bonds. The van der Waals surface area contributed by atoms with Gasteiger partial charge in [0, 0.05) is 24.0 Å². The normalized spacial score (nSPS) is 10.1. The number of carboxylic acid groups (broad SMARTS) is 1. The molecule has 102 valence electrons. The highest BCUT2D eigenvalue weighted by Crippen LogP contribution is 2.17. The zero-order chi connectivity index (χ0) is 14.7. The Balaban J connectivity index is 2.22. The Morgan fingerprint density at radius 2 is 1.45 bits per heavy atom. The zero-order valence-corrected chi connectivity index (χ0v) is 10.9. The first-order valence-corrected chi connectivity index (χ1v) is 5.96. The largest absolute Gasteiger partial charge is 0.478 e. The number of carbonyl (C=O) groups excluding carboxylic acids is 1. The van der Waals surface area contributed by atoms with E-state index < -0.39 is 5.97 Å². The lowest BCUT2D eigenvalue weighted by atomic mass is 10.1. The topological polar surface area (TPSA) is 83.6 Å². The van der Waals surface area contributed by atoms with E-state index in [0.29, 0.717) is 16.9 Å². The average molecular weight is 270 g/mol. The van der Waals surface area contributed by atoms with Crippen molar-refractivity contribution in [3.8, 4) is 0 Å². The molecule has 0 unspecified atom stereocenters. The molecule has 0 aromatic heterocycles. The molecule has 2 aromatic carbocycles. The van der Waals surface area contributed by atoms with Gasteiger partial charge in [0.2, 0.25) is 0 Å². The summed E-state index contributed by atoms with van der Waals surface area (Å²) in [6.45, 7) is 0. The Morgan fingerprint density at radius 3 is 1.95 bits per heavy atom. The van der Waals surface area contributed by atoms with E-state index in [0.717, 1.165) is 0 Å². The number of amides is 1. The number of nitrogen functional groups attached to an aromatic ring is 1. The Bertz CT molecular complexity index is 633. The number of hydrogen-bond acceptors (Lipinski definition) is 3. The molecular formula is C15H14N2O3. The molecule has 0 fully saturated rings. The van der Waals surface area contributed by atoms with Crippen LogP contribution in [0.2, 0.25) is 0 Å². The Kier molecular flexibility index (Phi) is 3.70. The molecular weight excluding hydrogens is 256 g/mol. The summed E-state index contributed by atoms with van der Waals surface area (Å²) in [6, 6.07) is 12.7. The lowest BCUT2D eigenvalue weighted by Crippen LogP contribution is -2.26. The van der Waals surface area contributed by atoms with Gasteiger partial charge < -0.3 is 15.7 Å². The maximum absolute atomic E-state index is 12.2. The van der Waals surface area contributed by atoms with E-state index in [1.54, 1.807) is 43.4 Å². The van der Waals surface area contributed by atoms with Gasteiger partial charge in [0.15, 0.2) is 0 Å². The molecule has 3 N–H and O–H groups in total. The van der Waals surface area contributed by atoms with Crippen molar-refractivity contribution in [2.75, 3.05) is 17.7 Å². The highest BCUT2D eigenvalue weighted by Gasteiger charge is 2.13. The van der Waals surface area contributed by atoms with E-state index >= 15 is 0 Å². The average Bonchev–Trinajstić information content (AvgIpc) is 2.46. The number of benzene rings is 2. The quantitative estimate of drug-likeness (QED) is 0.838. The second-order valence-electron chi connectivity index (χ2n) is 4.34. The van der Waals surface area contributed by atoms with Gasteiger partial charge in [-0.2, -0.15) is 0 Å². The van der Waals surface area contributed by atoms with E-state index in [1.807, 2.05) is 0 Å². The van der Waals surface area contributed by atoms with E-state index in [4.69, 9.17) is 10.8 Å². The molecule has 0 spiro atoms. The predicted molar refractivity (Wildman–Crippen MR) is 77.0 cm³/mol. The van der Waals surface area contributed by atoms with Gasteiger partial charge in [0.1, 0.15) is 0 Å². The molecule has 0 aliphatic rings. The smallest absolute Gasteiger partial charge is 0.335 e. The minimum atomic E-state index is -0.996. The third kappa shape index (κ3) is 2.77. The minimum Gasteiger partial charge on any atom is -0.478 e. The molecule has 0 saturated carbocycles. The summed E-state index contributed by atoms with van der Waals surface area (Å²) in [5.41, 5.74) is 7.49. The summed E-state index contributed by atoms with van der Waals surface area (Å²) in [4.78, 5) is 24.5. The molecule has 0 heterocycles. The number of aromatic carboxylic acids is 1. The van der Waals surface area contributed by atoms with Gasteiger partial charge in [0.25, 0.3) is 5.91 Å². The third-order valence-corrected chi connectivity index (χ3v) is 2.96. The molecule has 2 aromatic rings. The van der Waals surface area contributed by atoms with Crippen LogP contribution in [0.3, 0.4) is 0 Å². The fourth-order valence-electron chi connectivity index (χ4n) is 1.76. The van der Waals surface area contributed by atoms with Crippen LogP contribution in [0.25, 0.3) is 0 Å². The predicted octanol–water partition coefficient (Wildman–Crippen LogP) is 2.24. The molecule has 5 heteroatoms. The van der Waals surface area contributed by atoms with Crippen LogP contribution in [-0.2, 0) is 0 Å². The van der Waals surface area contributed by atoms with Crippen LogP contribution in [0, 0.1) is 0 Å². The fourth-order valence-corrected chi connectivity index (χ4v) is 1.76. The first kappa shape index (κ1) is 13.6. The number of carbonyl (C=O) groups is 2.